The van der Waals surface area contributed by atoms with Crippen molar-refractivity contribution in [1.29, 1.82) is 0 Å². The van der Waals surface area contributed by atoms with Gasteiger partial charge in [-0.2, -0.15) is 0 Å². The first-order valence-electron chi connectivity index (χ1n) is 7.18. The van der Waals surface area contributed by atoms with Crippen LogP contribution in [0.4, 0.5) is 0 Å². The lowest BCUT2D eigenvalue weighted by Gasteiger charge is -2.31. The molecule has 0 bridgehead atoms. The number of rotatable bonds is 5. The van der Waals surface area contributed by atoms with Gasteiger partial charge < -0.3 is 9.73 Å². The average Bonchev–Trinajstić information content (AvgIpc) is 2.71. The molecule has 0 spiro atoms. The van der Waals surface area contributed by atoms with Gasteiger partial charge in [0.2, 0.25) is 0 Å². The summed E-state index contributed by atoms with van der Waals surface area (Å²) in [7, 11) is 1.95. The molecule has 0 saturated carbocycles. The first-order chi connectivity index (χ1) is 8.72. The molecule has 1 aliphatic rings. The second-order valence-corrected chi connectivity index (χ2v) is 5.45. The highest BCUT2D eigenvalue weighted by molar-refractivity contribution is 5.20. The maximum Gasteiger partial charge on any atom is 0.118 e. The number of piperidine rings is 1. The number of hydrogen-bond acceptors (Lipinski definition) is 3. The van der Waals surface area contributed by atoms with Crippen molar-refractivity contribution in [1.82, 2.24) is 10.2 Å². The molecule has 3 nitrogen and oxygen atoms in total. The van der Waals surface area contributed by atoms with Crippen LogP contribution < -0.4 is 5.32 Å². The van der Waals surface area contributed by atoms with Gasteiger partial charge in [0.1, 0.15) is 11.5 Å². The molecule has 0 radical (unpaired) electrons. The van der Waals surface area contributed by atoms with Gasteiger partial charge in [-0.3, -0.25) is 4.90 Å². The van der Waals surface area contributed by atoms with Crippen LogP contribution in [0, 0.1) is 12.8 Å². The summed E-state index contributed by atoms with van der Waals surface area (Å²) in [5.41, 5.74) is 1.36. The second kappa shape index (κ2) is 6.39. The van der Waals surface area contributed by atoms with Crippen LogP contribution in [-0.4, -0.2) is 25.0 Å². The molecule has 18 heavy (non-hydrogen) atoms. The second-order valence-electron chi connectivity index (χ2n) is 5.45. The van der Waals surface area contributed by atoms with Crippen molar-refractivity contribution < 1.29 is 4.42 Å². The van der Waals surface area contributed by atoms with Gasteiger partial charge in [-0.15, -0.1) is 0 Å². The van der Waals surface area contributed by atoms with Crippen molar-refractivity contribution in [3.8, 4) is 0 Å². The van der Waals surface area contributed by atoms with Gasteiger partial charge in [0.25, 0.3) is 0 Å². The van der Waals surface area contributed by atoms with Gasteiger partial charge in [-0.1, -0.05) is 13.3 Å². The molecule has 1 fully saturated rings. The molecular weight excluding hydrogens is 224 g/mol. The van der Waals surface area contributed by atoms with Crippen LogP contribution in [0.25, 0.3) is 0 Å². The third-order valence-electron chi connectivity index (χ3n) is 4.10. The molecule has 2 heterocycles. The minimum atomic E-state index is 0.818. The predicted octanol–water partition coefficient (Wildman–Crippen LogP) is 2.93. The fourth-order valence-corrected chi connectivity index (χ4v) is 2.80. The van der Waals surface area contributed by atoms with Crippen LogP contribution in [-0.2, 0) is 13.1 Å². The Kier molecular flexibility index (Phi) is 4.84. The van der Waals surface area contributed by atoms with Gasteiger partial charge in [0, 0.05) is 12.1 Å². The molecule has 2 rings (SSSR count). The van der Waals surface area contributed by atoms with E-state index in [2.05, 4.69) is 30.1 Å². The number of nitrogens with zero attached hydrogens (tertiary/aromatic N) is 1. The molecule has 3 heteroatoms. The molecule has 1 saturated heterocycles. The molecule has 0 aliphatic carbocycles. The first kappa shape index (κ1) is 13.6. The summed E-state index contributed by atoms with van der Waals surface area (Å²) in [6, 6.07) is 2.21. The van der Waals surface area contributed by atoms with Crippen molar-refractivity contribution in [2.75, 3.05) is 20.1 Å². The summed E-state index contributed by atoms with van der Waals surface area (Å²) in [6.07, 6.45) is 4.05. The highest BCUT2D eigenvalue weighted by Gasteiger charge is 2.19. The Balaban J connectivity index is 1.89. The largest absolute Gasteiger partial charge is 0.465 e. The Labute approximate surface area is 111 Å². The van der Waals surface area contributed by atoms with Gasteiger partial charge >= 0.3 is 0 Å². The van der Waals surface area contributed by atoms with Crippen molar-refractivity contribution in [3.63, 3.8) is 0 Å². The number of furan rings is 1. The van der Waals surface area contributed by atoms with Crippen LogP contribution in [0.15, 0.2) is 10.5 Å². The zero-order chi connectivity index (χ0) is 13.0. The molecular formula is C15H26N2O. The monoisotopic (exact) mass is 250 g/mol. The summed E-state index contributed by atoms with van der Waals surface area (Å²) >= 11 is 0. The van der Waals surface area contributed by atoms with Gasteiger partial charge in [-0.05, 0) is 51.9 Å². The lowest BCUT2D eigenvalue weighted by atomic mass is 9.94. The Hall–Kier alpha value is -0.800. The normalized spacial score (nSPS) is 18.4. The fraction of sp³-hybridized carbons (Fsp3) is 0.733. The highest BCUT2D eigenvalue weighted by Crippen LogP contribution is 2.23. The molecule has 1 aliphatic heterocycles. The zero-order valence-corrected chi connectivity index (χ0v) is 12.0. The van der Waals surface area contributed by atoms with E-state index in [9.17, 15) is 0 Å². The number of likely N-dealkylation sites (tertiary alicyclic amines) is 1. The van der Waals surface area contributed by atoms with Crippen LogP contribution in [0.1, 0.15) is 43.3 Å². The summed E-state index contributed by atoms with van der Waals surface area (Å²) in [5.74, 6) is 3.08. The van der Waals surface area contributed by atoms with Crippen molar-refractivity contribution in [2.24, 2.45) is 5.92 Å². The number of nitrogens with one attached hydrogen (secondary N) is 1. The van der Waals surface area contributed by atoms with E-state index < -0.39 is 0 Å². The van der Waals surface area contributed by atoms with Crippen molar-refractivity contribution in [3.05, 3.63) is 23.2 Å². The van der Waals surface area contributed by atoms with E-state index in [0.29, 0.717) is 0 Å². The van der Waals surface area contributed by atoms with Crippen LogP contribution in [0.2, 0.25) is 0 Å². The van der Waals surface area contributed by atoms with E-state index in [4.69, 9.17) is 4.42 Å². The average molecular weight is 250 g/mol. The molecule has 0 aromatic carbocycles. The SMILES string of the molecule is CCC1CCN(Cc2cc(CNC)oc2C)CC1. The van der Waals surface area contributed by atoms with Crippen LogP contribution >= 0.6 is 0 Å². The van der Waals surface area contributed by atoms with E-state index >= 15 is 0 Å². The van der Waals surface area contributed by atoms with E-state index in [1.54, 1.807) is 0 Å². The first-order valence-corrected chi connectivity index (χ1v) is 7.18. The van der Waals surface area contributed by atoms with Crippen molar-refractivity contribution >= 4 is 0 Å². The van der Waals surface area contributed by atoms with E-state index in [1.807, 2.05) is 7.05 Å². The maximum atomic E-state index is 5.75. The molecule has 1 N–H and O–H groups in total. The summed E-state index contributed by atoms with van der Waals surface area (Å²) in [6.45, 7) is 8.74. The standard InChI is InChI=1S/C15H26N2O/c1-4-13-5-7-17(8-6-13)11-14-9-15(10-16-3)18-12(14)2/h9,13,16H,4-8,10-11H2,1-3H3. The molecule has 102 valence electrons. The summed E-state index contributed by atoms with van der Waals surface area (Å²) in [4.78, 5) is 2.56. The Bertz CT molecular complexity index is 365. The van der Waals surface area contributed by atoms with E-state index in [-0.39, 0.29) is 0 Å². The Morgan fingerprint density at radius 3 is 2.72 bits per heavy atom. The lowest BCUT2D eigenvalue weighted by molar-refractivity contribution is 0.174. The molecule has 0 unspecified atom stereocenters. The maximum absolute atomic E-state index is 5.75. The molecule has 0 atom stereocenters. The van der Waals surface area contributed by atoms with Gasteiger partial charge in [0.15, 0.2) is 0 Å². The minimum Gasteiger partial charge on any atom is -0.465 e. The predicted molar refractivity (Wildman–Crippen MR) is 74.5 cm³/mol. The number of aryl methyl sites for hydroxylation is 1. The third kappa shape index (κ3) is 3.36. The highest BCUT2D eigenvalue weighted by atomic mass is 16.3. The Morgan fingerprint density at radius 1 is 1.39 bits per heavy atom. The number of hydrogen-bond donors (Lipinski definition) is 1. The van der Waals surface area contributed by atoms with Crippen LogP contribution in [0.3, 0.4) is 0 Å². The summed E-state index contributed by atoms with van der Waals surface area (Å²) < 4.78 is 5.75. The Morgan fingerprint density at radius 2 is 2.11 bits per heavy atom. The quantitative estimate of drug-likeness (QED) is 0.871. The topological polar surface area (TPSA) is 28.4 Å². The van der Waals surface area contributed by atoms with Crippen LogP contribution in [0.5, 0.6) is 0 Å². The zero-order valence-electron chi connectivity index (χ0n) is 12.0. The fourth-order valence-electron chi connectivity index (χ4n) is 2.80. The van der Waals surface area contributed by atoms with Crippen molar-refractivity contribution in [2.45, 2.75) is 46.2 Å². The molecule has 0 amide bonds. The lowest BCUT2D eigenvalue weighted by Crippen LogP contribution is -2.33. The summed E-state index contributed by atoms with van der Waals surface area (Å²) in [5, 5.41) is 3.13. The minimum absolute atomic E-state index is 0.818. The molecule has 1 aromatic rings. The van der Waals surface area contributed by atoms with E-state index in [0.717, 1.165) is 30.5 Å². The van der Waals surface area contributed by atoms with E-state index in [1.165, 1.54) is 37.9 Å². The smallest absolute Gasteiger partial charge is 0.118 e. The third-order valence-corrected chi connectivity index (χ3v) is 4.10. The van der Waals surface area contributed by atoms with Gasteiger partial charge in [-0.25, -0.2) is 0 Å². The van der Waals surface area contributed by atoms with Gasteiger partial charge in [0.05, 0.1) is 6.54 Å². The molecule has 1 aromatic heterocycles.